The van der Waals surface area contributed by atoms with E-state index in [9.17, 15) is 0 Å². The highest BCUT2D eigenvalue weighted by Crippen LogP contribution is 2.15. The number of nitrogens with zero attached hydrogens (tertiary/aromatic N) is 1. The topological polar surface area (TPSA) is 3.24 Å². The number of hydrogen-bond acceptors (Lipinski definition) is 1. The van der Waals surface area contributed by atoms with E-state index in [2.05, 4.69) is 74.0 Å². The molecule has 0 aliphatic rings. The third-order valence-electron chi connectivity index (χ3n) is 3.19. The van der Waals surface area contributed by atoms with Gasteiger partial charge in [0.05, 0.1) is 0 Å². The summed E-state index contributed by atoms with van der Waals surface area (Å²) >= 11 is 0. The molecular formula is C20H23BN. The zero-order valence-electron chi connectivity index (χ0n) is 13.7. The molecule has 0 heterocycles. The molecule has 0 atom stereocenters. The molecule has 0 aliphatic heterocycles. The lowest BCUT2D eigenvalue weighted by Gasteiger charge is -2.03. The SMILES string of the molecule is CN(C)C.[B](Cc1ccc2ccccc2c1)c1ccccc1. The van der Waals surface area contributed by atoms with E-state index < -0.39 is 0 Å². The number of rotatable bonds is 3. The molecule has 1 nitrogen and oxygen atoms in total. The molecule has 0 fully saturated rings. The third kappa shape index (κ3) is 5.38. The molecule has 0 bridgehead atoms. The number of fused-ring (bicyclic) bond motifs is 1. The molecule has 22 heavy (non-hydrogen) atoms. The summed E-state index contributed by atoms with van der Waals surface area (Å²) in [7, 11) is 8.27. The highest BCUT2D eigenvalue weighted by Gasteiger charge is 1.99. The summed E-state index contributed by atoms with van der Waals surface area (Å²) in [5, 5.41) is 2.62. The van der Waals surface area contributed by atoms with Crippen molar-refractivity contribution in [2.75, 3.05) is 21.1 Å². The van der Waals surface area contributed by atoms with Crippen LogP contribution in [-0.2, 0) is 6.32 Å². The first-order chi connectivity index (χ1) is 10.6. The van der Waals surface area contributed by atoms with Crippen LogP contribution in [-0.4, -0.2) is 33.3 Å². The van der Waals surface area contributed by atoms with Crippen LogP contribution in [0, 0.1) is 0 Å². The minimum absolute atomic E-state index is 0.981. The second kappa shape index (κ2) is 8.40. The Hall–Kier alpha value is -2.06. The molecular weight excluding hydrogens is 265 g/mol. The Morgan fingerprint density at radius 1 is 0.727 bits per heavy atom. The molecule has 0 amide bonds. The van der Waals surface area contributed by atoms with Gasteiger partial charge >= 0.3 is 0 Å². The van der Waals surface area contributed by atoms with Gasteiger partial charge in [-0.3, -0.25) is 0 Å². The van der Waals surface area contributed by atoms with Crippen molar-refractivity contribution < 1.29 is 0 Å². The van der Waals surface area contributed by atoms with Crippen molar-refractivity contribution >= 4 is 23.5 Å². The van der Waals surface area contributed by atoms with Gasteiger partial charge in [0.2, 0.25) is 0 Å². The van der Waals surface area contributed by atoms with Gasteiger partial charge < -0.3 is 4.90 Å². The van der Waals surface area contributed by atoms with E-state index in [1.165, 1.54) is 21.8 Å². The first kappa shape index (κ1) is 16.3. The molecule has 0 saturated heterocycles. The Morgan fingerprint density at radius 2 is 1.32 bits per heavy atom. The van der Waals surface area contributed by atoms with Crippen LogP contribution in [0.15, 0.2) is 72.8 Å². The summed E-state index contributed by atoms with van der Waals surface area (Å²) in [6.07, 6.45) is 0.981. The fourth-order valence-electron chi connectivity index (χ4n) is 2.19. The summed E-state index contributed by atoms with van der Waals surface area (Å²) in [5.41, 5.74) is 2.64. The normalized spacial score (nSPS) is 10.2. The molecule has 0 aromatic heterocycles. The summed E-state index contributed by atoms with van der Waals surface area (Å²) in [6, 6.07) is 25.7. The maximum Gasteiger partial charge on any atom is 0.156 e. The van der Waals surface area contributed by atoms with Gasteiger partial charge in [-0.05, 0) is 38.2 Å². The van der Waals surface area contributed by atoms with Crippen molar-refractivity contribution in [1.82, 2.24) is 4.90 Å². The van der Waals surface area contributed by atoms with Gasteiger partial charge in [0.15, 0.2) is 7.28 Å². The predicted octanol–water partition coefficient (Wildman–Crippen LogP) is 3.55. The molecule has 0 saturated carbocycles. The van der Waals surface area contributed by atoms with E-state index in [0.717, 1.165) is 6.32 Å². The van der Waals surface area contributed by atoms with Gasteiger partial charge in [-0.2, -0.15) is 0 Å². The van der Waals surface area contributed by atoms with Crippen LogP contribution in [0.5, 0.6) is 0 Å². The lowest BCUT2D eigenvalue weighted by atomic mass is 9.65. The van der Waals surface area contributed by atoms with Crippen LogP contribution in [0.3, 0.4) is 0 Å². The van der Waals surface area contributed by atoms with Crippen LogP contribution in [0.1, 0.15) is 5.56 Å². The quantitative estimate of drug-likeness (QED) is 0.666. The Kier molecular flexibility index (Phi) is 6.23. The summed E-state index contributed by atoms with van der Waals surface area (Å²) < 4.78 is 0. The molecule has 3 aromatic rings. The van der Waals surface area contributed by atoms with Crippen LogP contribution in [0.4, 0.5) is 0 Å². The lowest BCUT2D eigenvalue weighted by molar-refractivity contribution is 0.505. The molecule has 1 radical (unpaired) electrons. The zero-order valence-corrected chi connectivity index (χ0v) is 13.7. The predicted molar refractivity (Wildman–Crippen MR) is 99.1 cm³/mol. The molecule has 0 unspecified atom stereocenters. The Labute approximate surface area is 134 Å². The second-order valence-electron chi connectivity index (χ2n) is 5.84. The van der Waals surface area contributed by atoms with Crippen LogP contribution >= 0.6 is 0 Å². The number of hydrogen-bond donors (Lipinski definition) is 0. The van der Waals surface area contributed by atoms with E-state index in [-0.39, 0.29) is 0 Å². The monoisotopic (exact) mass is 288 g/mol. The molecule has 0 N–H and O–H groups in total. The van der Waals surface area contributed by atoms with Crippen LogP contribution in [0.25, 0.3) is 10.8 Å². The highest BCUT2D eigenvalue weighted by atomic mass is 15.0. The summed E-state index contributed by atoms with van der Waals surface area (Å²) in [6.45, 7) is 0. The van der Waals surface area contributed by atoms with Crippen molar-refractivity contribution in [2.45, 2.75) is 6.32 Å². The van der Waals surface area contributed by atoms with Gasteiger partial charge in [-0.25, -0.2) is 0 Å². The highest BCUT2D eigenvalue weighted by molar-refractivity contribution is 6.52. The number of benzene rings is 3. The van der Waals surface area contributed by atoms with Crippen molar-refractivity contribution in [2.24, 2.45) is 0 Å². The fourth-order valence-corrected chi connectivity index (χ4v) is 2.19. The fraction of sp³-hybridized carbons (Fsp3) is 0.200. The molecule has 3 aromatic carbocycles. The molecule has 0 aliphatic carbocycles. The van der Waals surface area contributed by atoms with E-state index in [1.807, 2.05) is 32.1 Å². The first-order valence-corrected chi connectivity index (χ1v) is 7.62. The summed E-state index contributed by atoms with van der Waals surface area (Å²) in [5.74, 6) is 0. The molecule has 3 rings (SSSR count). The van der Waals surface area contributed by atoms with Crippen molar-refractivity contribution in [3.63, 3.8) is 0 Å². The van der Waals surface area contributed by atoms with E-state index in [0.29, 0.717) is 0 Å². The van der Waals surface area contributed by atoms with E-state index in [1.54, 1.807) is 0 Å². The minimum atomic E-state index is 0.981. The first-order valence-electron chi connectivity index (χ1n) is 7.62. The average molecular weight is 288 g/mol. The Bertz CT molecular complexity index is 689. The third-order valence-corrected chi connectivity index (χ3v) is 3.19. The smallest absolute Gasteiger partial charge is 0.156 e. The van der Waals surface area contributed by atoms with E-state index >= 15 is 0 Å². The zero-order chi connectivity index (χ0) is 15.8. The Balaban J connectivity index is 0.000000396. The average Bonchev–Trinajstić information content (AvgIpc) is 2.53. The van der Waals surface area contributed by atoms with Crippen molar-refractivity contribution in [3.05, 3.63) is 78.4 Å². The second-order valence-corrected chi connectivity index (χ2v) is 5.84. The lowest BCUT2D eigenvalue weighted by Crippen LogP contribution is -2.15. The summed E-state index contributed by atoms with van der Waals surface area (Å²) in [4.78, 5) is 2.00. The standard InChI is InChI=1S/C17H14B.C3H9N/c1-2-8-17(9-3-1)18-13-14-10-11-15-6-4-5-7-16(15)12-14;1-4(2)3/h1-12H,13H2;1-3H3. The molecule has 0 spiro atoms. The van der Waals surface area contributed by atoms with Gasteiger partial charge in [0.1, 0.15) is 0 Å². The van der Waals surface area contributed by atoms with Crippen molar-refractivity contribution in [1.29, 1.82) is 0 Å². The van der Waals surface area contributed by atoms with Crippen LogP contribution in [0.2, 0.25) is 0 Å². The maximum absolute atomic E-state index is 2.27. The van der Waals surface area contributed by atoms with Crippen molar-refractivity contribution in [3.8, 4) is 0 Å². The minimum Gasteiger partial charge on any atom is -0.312 e. The van der Waals surface area contributed by atoms with Crippen LogP contribution < -0.4 is 5.46 Å². The molecule has 111 valence electrons. The van der Waals surface area contributed by atoms with E-state index in [4.69, 9.17) is 0 Å². The molecule has 2 heteroatoms. The van der Waals surface area contributed by atoms with Gasteiger partial charge in [-0.1, -0.05) is 83.8 Å². The Morgan fingerprint density at radius 3 is 2.00 bits per heavy atom. The van der Waals surface area contributed by atoms with Gasteiger partial charge in [-0.15, -0.1) is 0 Å². The maximum atomic E-state index is 2.27. The van der Waals surface area contributed by atoms with Gasteiger partial charge in [0, 0.05) is 0 Å². The van der Waals surface area contributed by atoms with Gasteiger partial charge in [0.25, 0.3) is 0 Å². The largest absolute Gasteiger partial charge is 0.312 e.